The zero-order chi connectivity index (χ0) is 25.3. The fourth-order valence-corrected chi connectivity index (χ4v) is 4.18. The molecular formula is C25H19F4N5O. The van der Waals surface area contributed by atoms with Crippen LogP contribution in [0, 0.1) is 28.5 Å². The van der Waals surface area contributed by atoms with Crippen LogP contribution >= 0.6 is 0 Å². The molecule has 0 radical (unpaired) electrons. The summed E-state index contributed by atoms with van der Waals surface area (Å²) in [7, 11) is 0. The molecule has 1 aliphatic rings. The molecule has 2 heterocycles. The monoisotopic (exact) mass is 481 g/mol. The molecule has 178 valence electrons. The van der Waals surface area contributed by atoms with Crippen molar-refractivity contribution in [2.45, 2.75) is 25.1 Å². The van der Waals surface area contributed by atoms with Crippen LogP contribution in [0.5, 0.6) is 5.75 Å². The highest BCUT2D eigenvalue weighted by Gasteiger charge is 2.34. The molecule has 1 saturated heterocycles. The summed E-state index contributed by atoms with van der Waals surface area (Å²) >= 11 is 0. The minimum Gasteiger partial charge on any atom is -0.507 e. The van der Waals surface area contributed by atoms with E-state index in [0.717, 1.165) is 24.3 Å². The number of hydrogen-bond donors (Lipinski definition) is 2. The zero-order valence-electron chi connectivity index (χ0n) is 18.3. The quantitative estimate of drug-likeness (QED) is 0.513. The smallest absolute Gasteiger partial charge is 0.419 e. The number of pyridine rings is 1. The maximum absolute atomic E-state index is 14.5. The van der Waals surface area contributed by atoms with Crippen molar-refractivity contribution in [2.75, 3.05) is 18.0 Å². The maximum Gasteiger partial charge on any atom is 0.419 e. The second-order valence-corrected chi connectivity index (χ2v) is 8.22. The van der Waals surface area contributed by atoms with Gasteiger partial charge in [-0.25, -0.2) is 9.37 Å². The Morgan fingerprint density at radius 1 is 1.03 bits per heavy atom. The topological polar surface area (TPSA) is 110 Å². The summed E-state index contributed by atoms with van der Waals surface area (Å²) in [6.45, 7) is 1.09. The number of aromatic hydroxyl groups is 1. The molecule has 0 aliphatic carbocycles. The number of nitriles is 2. The molecule has 10 heteroatoms. The van der Waals surface area contributed by atoms with E-state index in [-0.39, 0.29) is 39.4 Å². The Balaban J connectivity index is 1.95. The number of aromatic nitrogens is 1. The lowest BCUT2D eigenvalue weighted by Gasteiger charge is -2.32. The third kappa shape index (κ3) is 4.61. The summed E-state index contributed by atoms with van der Waals surface area (Å²) in [5.74, 6) is -1.45. The molecule has 0 atom stereocenters. The van der Waals surface area contributed by atoms with E-state index >= 15 is 0 Å². The number of alkyl halides is 3. The summed E-state index contributed by atoms with van der Waals surface area (Å²) in [6.07, 6.45) is -2.00. The second kappa shape index (κ2) is 9.24. The number of nitrogens with zero attached hydrogens (tertiary/aromatic N) is 4. The molecule has 4 rings (SSSR count). The molecule has 2 aromatic carbocycles. The predicted octanol–water partition coefficient (Wildman–Crippen LogP) is 4.95. The van der Waals surface area contributed by atoms with Crippen molar-refractivity contribution in [3.05, 3.63) is 65.1 Å². The molecule has 0 bridgehead atoms. The molecule has 0 spiro atoms. The Kier molecular flexibility index (Phi) is 6.33. The Labute approximate surface area is 198 Å². The van der Waals surface area contributed by atoms with Crippen molar-refractivity contribution in [3.63, 3.8) is 0 Å². The second-order valence-electron chi connectivity index (χ2n) is 8.22. The van der Waals surface area contributed by atoms with Gasteiger partial charge in [-0.15, -0.1) is 0 Å². The first-order chi connectivity index (χ1) is 16.6. The summed E-state index contributed by atoms with van der Waals surface area (Å²) < 4.78 is 54.0. The van der Waals surface area contributed by atoms with Crippen LogP contribution in [0.25, 0.3) is 22.3 Å². The van der Waals surface area contributed by atoms with Gasteiger partial charge in [-0.3, -0.25) is 0 Å². The number of benzene rings is 2. The Hall–Kier alpha value is -4.15. The first-order valence-corrected chi connectivity index (χ1v) is 10.7. The van der Waals surface area contributed by atoms with Crippen molar-refractivity contribution in [1.82, 2.24) is 4.98 Å². The first-order valence-electron chi connectivity index (χ1n) is 10.7. The number of anilines is 1. The van der Waals surface area contributed by atoms with Gasteiger partial charge >= 0.3 is 6.18 Å². The van der Waals surface area contributed by atoms with E-state index in [1.165, 1.54) is 18.3 Å². The molecule has 0 amide bonds. The predicted molar refractivity (Wildman–Crippen MR) is 121 cm³/mol. The highest BCUT2D eigenvalue weighted by Crippen LogP contribution is 2.42. The molecular weight excluding hydrogens is 462 g/mol. The Bertz CT molecular complexity index is 1370. The maximum atomic E-state index is 14.5. The van der Waals surface area contributed by atoms with E-state index in [2.05, 4.69) is 11.1 Å². The normalized spacial score (nSPS) is 14.4. The van der Waals surface area contributed by atoms with E-state index < -0.39 is 23.3 Å². The van der Waals surface area contributed by atoms with Crippen molar-refractivity contribution < 1.29 is 22.7 Å². The molecule has 3 N–H and O–H groups in total. The highest BCUT2D eigenvalue weighted by atomic mass is 19.4. The average molecular weight is 481 g/mol. The van der Waals surface area contributed by atoms with Crippen LogP contribution in [0.3, 0.4) is 0 Å². The minimum absolute atomic E-state index is 0.0262. The third-order valence-electron chi connectivity index (χ3n) is 6.00. The molecule has 1 aliphatic heterocycles. The summed E-state index contributed by atoms with van der Waals surface area (Å²) in [5, 5.41) is 29.2. The third-order valence-corrected chi connectivity index (χ3v) is 6.00. The largest absolute Gasteiger partial charge is 0.507 e. The fourth-order valence-electron chi connectivity index (χ4n) is 4.18. The van der Waals surface area contributed by atoms with Crippen LogP contribution < -0.4 is 10.6 Å². The van der Waals surface area contributed by atoms with E-state index in [4.69, 9.17) is 11.0 Å². The van der Waals surface area contributed by atoms with Gasteiger partial charge < -0.3 is 15.7 Å². The molecule has 0 saturated carbocycles. The van der Waals surface area contributed by atoms with Gasteiger partial charge in [0.1, 0.15) is 35.1 Å². The van der Waals surface area contributed by atoms with E-state index in [0.29, 0.717) is 31.7 Å². The molecule has 35 heavy (non-hydrogen) atoms. The fraction of sp³-hybridized carbons (Fsp3) is 0.240. The molecule has 3 aromatic rings. The van der Waals surface area contributed by atoms with Crippen molar-refractivity contribution >= 4 is 5.82 Å². The number of halogens is 4. The molecule has 1 fully saturated rings. The van der Waals surface area contributed by atoms with E-state index in [9.17, 15) is 27.9 Å². The van der Waals surface area contributed by atoms with Gasteiger partial charge in [-0.2, -0.15) is 23.7 Å². The standard InChI is InChI=1S/C25H19F4N5O/c26-21-9-15(1-2-16(21)11-30)23-18(12-31)24(34-7-5-17(32)6-8-34)33-13-19(23)14-3-4-20(22(35)10-14)25(27,28)29/h1-4,9-10,13,17,35H,5-8,32H2. The van der Waals surface area contributed by atoms with Gasteiger partial charge in [-0.05, 0) is 48.2 Å². The van der Waals surface area contributed by atoms with Crippen LogP contribution in [0.4, 0.5) is 23.4 Å². The number of phenolic OH excluding ortho intramolecular Hbond substituents is 1. The summed E-state index contributed by atoms with van der Waals surface area (Å²) in [6, 6.07) is 10.5. The summed E-state index contributed by atoms with van der Waals surface area (Å²) in [5.41, 5.74) is 5.54. The lowest BCUT2D eigenvalue weighted by atomic mass is 9.90. The Morgan fingerprint density at radius 3 is 2.29 bits per heavy atom. The lowest BCUT2D eigenvalue weighted by molar-refractivity contribution is -0.138. The van der Waals surface area contributed by atoms with Gasteiger partial charge in [0.15, 0.2) is 0 Å². The van der Waals surface area contributed by atoms with Gasteiger partial charge in [0.2, 0.25) is 0 Å². The molecule has 6 nitrogen and oxygen atoms in total. The first kappa shape index (κ1) is 24.0. The lowest BCUT2D eigenvalue weighted by Crippen LogP contribution is -2.40. The van der Waals surface area contributed by atoms with Crippen LogP contribution in [0.1, 0.15) is 29.5 Å². The van der Waals surface area contributed by atoms with Gasteiger partial charge in [-0.1, -0.05) is 12.1 Å². The van der Waals surface area contributed by atoms with Crippen LogP contribution in [0.2, 0.25) is 0 Å². The van der Waals surface area contributed by atoms with Crippen LogP contribution in [0.15, 0.2) is 42.6 Å². The van der Waals surface area contributed by atoms with Crippen molar-refractivity contribution in [1.29, 1.82) is 10.5 Å². The SMILES string of the molecule is N#Cc1ccc(-c2c(-c3ccc(C(F)(F)F)c(O)c3)cnc(N3CCC(N)CC3)c2C#N)cc1F. The molecule has 1 aromatic heterocycles. The van der Waals surface area contributed by atoms with Crippen LogP contribution in [-0.4, -0.2) is 29.2 Å². The van der Waals surface area contributed by atoms with Crippen molar-refractivity contribution in [2.24, 2.45) is 5.73 Å². The number of phenols is 1. The Morgan fingerprint density at radius 2 is 1.71 bits per heavy atom. The highest BCUT2D eigenvalue weighted by molar-refractivity contribution is 5.90. The van der Waals surface area contributed by atoms with E-state index in [1.54, 1.807) is 6.07 Å². The van der Waals surface area contributed by atoms with Crippen LogP contribution in [-0.2, 0) is 6.18 Å². The number of piperidine rings is 1. The number of rotatable bonds is 3. The van der Waals surface area contributed by atoms with Gasteiger partial charge in [0.25, 0.3) is 0 Å². The molecule has 0 unspecified atom stereocenters. The minimum atomic E-state index is -4.75. The van der Waals surface area contributed by atoms with Gasteiger partial charge in [0, 0.05) is 36.5 Å². The summed E-state index contributed by atoms with van der Waals surface area (Å²) in [4.78, 5) is 6.32. The van der Waals surface area contributed by atoms with Crippen molar-refractivity contribution in [3.8, 4) is 40.1 Å². The number of nitrogens with two attached hydrogens (primary N) is 1. The van der Waals surface area contributed by atoms with E-state index in [1.807, 2.05) is 4.90 Å². The number of hydrogen-bond acceptors (Lipinski definition) is 6. The average Bonchev–Trinajstić information content (AvgIpc) is 2.82. The zero-order valence-corrected chi connectivity index (χ0v) is 18.3. The van der Waals surface area contributed by atoms with Gasteiger partial charge in [0.05, 0.1) is 11.1 Å².